The van der Waals surface area contributed by atoms with Crippen LogP contribution in [0.2, 0.25) is 0 Å². The van der Waals surface area contributed by atoms with E-state index in [0.29, 0.717) is 12.0 Å². The first-order valence-corrected chi connectivity index (χ1v) is 15.3. The van der Waals surface area contributed by atoms with Gasteiger partial charge in [-0.2, -0.15) is 0 Å². The number of ether oxygens (including phenoxy) is 4. The van der Waals surface area contributed by atoms with Crippen molar-refractivity contribution in [2.24, 2.45) is 11.3 Å². The maximum absolute atomic E-state index is 13.0. The fourth-order valence-corrected chi connectivity index (χ4v) is 6.89. The molecule has 1 aliphatic heterocycles. The Morgan fingerprint density at radius 1 is 0.977 bits per heavy atom. The van der Waals surface area contributed by atoms with E-state index in [9.17, 15) is 39.6 Å². The number of hydrogen-bond acceptors (Lipinski definition) is 12. The highest BCUT2D eigenvalue weighted by Crippen LogP contribution is 2.55. The normalized spacial score (nSPS) is 41.3. The molecule has 0 spiro atoms. The Kier molecular flexibility index (Phi) is 10.8. The Morgan fingerprint density at radius 2 is 1.59 bits per heavy atom. The molecule has 1 fully saturated rings. The van der Waals surface area contributed by atoms with Crippen molar-refractivity contribution < 1.29 is 58.6 Å². The van der Waals surface area contributed by atoms with E-state index in [2.05, 4.69) is 6.92 Å². The lowest BCUT2D eigenvalue weighted by Crippen LogP contribution is -2.73. The van der Waals surface area contributed by atoms with Gasteiger partial charge >= 0.3 is 23.9 Å². The van der Waals surface area contributed by atoms with Gasteiger partial charge in [0.1, 0.15) is 24.4 Å². The van der Waals surface area contributed by atoms with Gasteiger partial charge in [-0.3, -0.25) is 14.4 Å². The van der Waals surface area contributed by atoms with Crippen molar-refractivity contribution in [1.29, 1.82) is 0 Å². The van der Waals surface area contributed by atoms with E-state index in [1.54, 1.807) is 13.8 Å². The van der Waals surface area contributed by atoms with Gasteiger partial charge in [0, 0.05) is 38.0 Å². The van der Waals surface area contributed by atoms with Crippen LogP contribution in [0.3, 0.4) is 0 Å². The summed E-state index contributed by atoms with van der Waals surface area (Å²) in [6, 6.07) is 0. The Balaban J connectivity index is 2.26. The molecule has 0 radical (unpaired) electrons. The summed E-state index contributed by atoms with van der Waals surface area (Å²) in [5, 5.41) is 46.7. The molecule has 3 rings (SSSR count). The predicted molar refractivity (Wildman–Crippen MR) is 156 cm³/mol. The number of aliphatic hydroxyl groups is 4. The number of carbonyl (C=O) groups excluding carboxylic acids is 4. The van der Waals surface area contributed by atoms with E-state index in [0.717, 1.165) is 39.5 Å². The standard InChI is InChI=1S/C32H48O12/c1-8-9-10-11-12-13-25(36)43-21-17-23(41-19(3)33)29(5)15-14-22(35)30(6,38)26(29)27(42-20(4)34)32(40)24(16-18(21)2)44-28(37)31(32,7)39/h14-16,21-24,26-27,35,38-40H,8-13,17H2,1-7H3/b18-16-/t21?,22-,23+,24+,26-,27?,29-,30-,31-,32+/m1/s1. The summed E-state index contributed by atoms with van der Waals surface area (Å²) in [7, 11) is 0. The molecule has 44 heavy (non-hydrogen) atoms. The summed E-state index contributed by atoms with van der Waals surface area (Å²) < 4.78 is 22.8. The van der Waals surface area contributed by atoms with Crippen LogP contribution in [0.5, 0.6) is 0 Å². The minimum atomic E-state index is -2.73. The van der Waals surface area contributed by atoms with Crippen molar-refractivity contribution in [2.75, 3.05) is 0 Å². The second-order valence-electron chi connectivity index (χ2n) is 13.0. The summed E-state index contributed by atoms with van der Waals surface area (Å²) in [6.07, 6.45) is 1.27. The van der Waals surface area contributed by atoms with Crippen LogP contribution in [0.4, 0.5) is 0 Å². The van der Waals surface area contributed by atoms with E-state index in [-0.39, 0.29) is 12.8 Å². The highest BCUT2D eigenvalue weighted by atomic mass is 16.6. The van der Waals surface area contributed by atoms with Crippen LogP contribution in [0.25, 0.3) is 0 Å². The lowest BCUT2D eigenvalue weighted by molar-refractivity contribution is -0.258. The smallest absolute Gasteiger partial charge is 0.341 e. The van der Waals surface area contributed by atoms with Crippen LogP contribution in [-0.2, 0) is 38.1 Å². The molecule has 0 bridgehead atoms. The van der Waals surface area contributed by atoms with Gasteiger partial charge in [-0.1, -0.05) is 51.7 Å². The summed E-state index contributed by atoms with van der Waals surface area (Å²) in [6.45, 7) is 9.71. The molecule has 4 N–H and O–H groups in total. The second kappa shape index (κ2) is 13.3. The predicted octanol–water partition coefficient (Wildman–Crippen LogP) is 2.18. The van der Waals surface area contributed by atoms with E-state index in [1.807, 2.05) is 0 Å². The highest BCUT2D eigenvalue weighted by Gasteiger charge is 2.74. The second-order valence-corrected chi connectivity index (χ2v) is 13.0. The van der Waals surface area contributed by atoms with Crippen molar-refractivity contribution in [3.63, 3.8) is 0 Å². The monoisotopic (exact) mass is 624 g/mol. The first-order valence-electron chi connectivity index (χ1n) is 15.3. The Bertz CT molecular complexity index is 1170. The first-order chi connectivity index (χ1) is 20.3. The quantitative estimate of drug-likeness (QED) is 0.127. The van der Waals surface area contributed by atoms with Gasteiger partial charge in [0.25, 0.3) is 0 Å². The van der Waals surface area contributed by atoms with Crippen LogP contribution in [-0.4, -0.2) is 91.6 Å². The zero-order valence-corrected chi connectivity index (χ0v) is 26.7. The van der Waals surface area contributed by atoms with Gasteiger partial charge in [0.15, 0.2) is 17.3 Å². The van der Waals surface area contributed by atoms with Gasteiger partial charge in [0.05, 0.1) is 5.60 Å². The molecule has 1 heterocycles. The summed E-state index contributed by atoms with van der Waals surface area (Å²) in [4.78, 5) is 51.1. The number of fused-ring (bicyclic) bond motifs is 2. The summed E-state index contributed by atoms with van der Waals surface area (Å²) in [5.41, 5.74) is -8.83. The minimum Gasteiger partial charge on any atom is -0.461 e. The van der Waals surface area contributed by atoms with Gasteiger partial charge in [-0.25, -0.2) is 4.79 Å². The van der Waals surface area contributed by atoms with Crippen molar-refractivity contribution in [2.45, 2.75) is 141 Å². The molecule has 0 amide bonds. The van der Waals surface area contributed by atoms with E-state index in [4.69, 9.17) is 18.9 Å². The average molecular weight is 625 g/mol. The van der Waals surface area contributed by atoms with Gasteiger partial charge in [-0.15, -0.1) is 0 Å². The fraction of sp³-hybridized carbons (Fsp3) is 0.750. The Morgan fingerprint density at radius 3 is 2.18 bits per heavy atom. The van der Waals surface area contributed by atoms with Crippen LogP contribution in [0.15, 0.2) is 23.8 Å². The lowest BCUT2D eigenvalue weighted by Gasteiger charge is -2.57. The van der Waals surface area contributed by atoms with E-state index in [1.165, 1.54) is 32.1 Å². The Hall–Kier alpha value is -2.80. The molecule has 0 aromatic heterocycles. The van der Waals surface area contributed by atoms with Crippen LogP contribution >= 0.6 is 0 Å². The number of hydrogen-bond donors (Lipinski definition) is 4. The molecule has 1 saturated heterocycles. The third kappa shape index (κ3) is 6.59. The zero-order valence-electron chi connectivity index (χ0n) is 26.7. The number of unbranched alkanes of at least 4 members (excludes halogenated alkanes) is 4. The maximum atomic E-state index is 13.0. The fourth-order valence-electron chi connectivity index (χ4n) is 6.89. The van der Waals surface area contributed by atoms with Gasteiger partial charge in [-0.05, 0) is 38.8 Å². The first kappa shape index (κ1) is 35.7. The molecule has 10 atom stereocenters. The molecule has 0 aromatic carbocycles. The lowest BCUT2D eigenvalue weighted by atomic mass is 9.54. The van der Waals surface area contributed by atoms with E-state index >= 15 is 0 Å². The maximum Gasteiger partial charge on any atom is 0.341 e. The third-order valence-electron chi connectivity index (χ3n) is 9.52. The molecule has 0 saturated carbocycles. The van der Waals surface area contributed by atoms with E-state index < -0.39 is 82.5 Å². The number of carbonyl (C=O) groups is 4. The molecule has 2 unspecified atom stereocenters. The number of esters is 4. The molecule has 248 valence electrons. The Labute approximate surface area is 258 Å². The molecular formula is C32H48O12. The molecular weight excluding hydrogens is 576 g/mol. The molecule has 2 aliphatic carbocycles. The summed E-state index contributed by atoms with van der Waals surface area (Å²) >= 11 is 0. The zero-order chi connectivity index (χ0) is 33.3. The molecule has 12 nitrogen and oxygen atoms in total. The van der Waals surface area contributed by atoms with Crippen LogP contribution < -0.4 is 0 Å². The van der Waals surface area contributed by atoms with Crippen molar-refractivity contribution in [1.82, 2.24) is 0 Å². The number of rotatable bonds is 9. The van der Waals surface area contributed by atoms with Gasteiger partial charge in [0.2, 0.25) is 0 Å². The van der Waals surface area contributed by atoms with Crippen molar-refractivity contribution in [3.8, 4) is 0 Å². The number of aliphatic hydroxyl groups excluding tert-OH is 1. The topological polar surface area (TPSA) is 186 Å². The van der Waals surface area contributed by atoms with Crippen LogP contribution in [0, 0.1) is 11.3 Å². The SMILES string of the molecule is CCCCCCCC(=O)OC1C[C@H](OC(C)=O)[C@@]2(C)C=C[C@@H](O)[C@@](C)(O)[C@@H]2C(OC(C)=O)[C@@]2(O)[C@H](/C=C\1C)OC(=O)[C@@]2(C)O. The van der Waals surface area contributed by atoms with Crippen molar-refractivity contribution in [3.05, 3.63) is 23.8 Å². The minimum absolute atomic E-state index is 0.130. The summed E-state index contributed by atoms with van der Waals surface area (Å²) in [5.74, 6) is -4.88. The van der Waals surface area contributed by atoms with Crippen LogP contribution in [0.1, 0.15) is 93.4 Å². The highest BCUT2D eigenvalue weighted by molar-refractivity contribution is 5.84. The molecule has 3 aliphatic rings. The van der Waals surface area contributed by atoms with Gasteiger partial charge < -0.3 is 39.4 Å². The third-order valence-corrected chi connectivity index (χ3v) is 9.52. The molecule has 0 aromatic rings. The molecule has 12 heteroatoms. The average Bonchev–Trinajstić information content (AvgIpc) is 3.08. The van der Waals surface area contributed by atoms with Crippen molar-refractivity contribution >= 4 is 23.9 Å². The largest absolute Gasteiger partial charge is 0.461 e.